The lowest BCUT2D eigenvalue weighted by Crippen LogP contribution is -2.48. The first-order chi connectivity index (χ1) is 11.2. The Morgan fingerprint density at radius 1 is 1.39 bits per heavy atom. The summed E-state index contributed by atoms with van der Waals surface area (Å²) in [4.78, 5) is 0. The normalized spacial score (nSPS) is 20.3. The zero-order valence-corrected chi connectivity index (χ0v) is 13.1. The van der Waals surface area contributed by atoms with Crippen LogP contribution < -0.4 is 5.32 Å². The third-order valence-electron chi connectivity index (χ3n) is 4.15. The van der Waals surface area contributed by atoms with E-state index in [4.69, 9.17) is 19.5 Å². The van der Waals surface area contributed by atoms with E-state index in [1.165, 1.54) is 5.56 Å². The number of nitriles is 1. The highest BCUT2D eigenvalue weighted by atomic mass is 16.7. The first kappa shape index (κ1) is 15.4. The molecule has 1 aromatic rings. The highest BCUT2D eigenvalue weighted by Gasteiger charge is 2.39. The quantitative estimate of drug-likeness (QED) is 0.818. The van der Waals surface area contributed by atoms with Gasteiger partial charge in [-0.3, -0.25) is 0 Å². The molecule has 0 aliphatic carbocycles. The number of ether oxygens (including phenoxy) is 3. The van der Waals surface area contributed by atoms with Gasteiger partial charge in [-0.05, 0) is 18.9 Å². The van der Waals surface area contributed by atoms with Crippen molar-refractivity contribution in [2.45, 2.75) is 19.4 Å². The average molecular weight is 312 g/mol. The molecule has 1 saturated heterocycles. The van der Waals surface area contributed by atoms with Gasteiger partial charge in [0.05, 0.1) is 30.7 Å². The molecule has 1 N–H and O–H groups in total. The molecule has 2 aliphatic heterocycles. The molecule has 5 nitrogen and oxygen atoms in total. The summed E-state index contributed by atoms with van der Waals surface area (Å²) in [6, 6.07) is 12.2. The van der Waals surface area contributed by atoms with Crippen molar-refractivity contribution < 1.29 is 14.2 Å². The number of rotatable bonds is 6. The maximum atomic E-state index is 9.11. The predicted molar refractivity (Wildman–Crippen MR) is 84.8 cm³/mol. The summed E-state index contributed by atoms with van der Waals surface area (Å²) in [7, 11) is 0. The molecule has 1 atom stereocenters. The van der Waals surface area contributed by atoms with Crippen molar-refractivity contribution in [1.82, 2.24) is 5.32 Å². The summed E-state index contributed by atoms with van der Waals surface area (Å²) in [6.07, 6.45) is 3.96. The van der Waals surface area contributed by atoms with Gasteiger partial charge in [0.2, 0.25) is 6.79 Å². The molecule has 0 saturated carbocycles. The van der Waals surface area contributed by atoms with Crippen molar-refractivity contribution in [3.05, 3.63) is 59.7 Å². The van der Waals surface area contributed by atoms with E-state index in [2.05, 4.69) is 30.4 Å². The summed E-state index contributed by atoms with van der Waals surface area (Å²) in [5.74, 6) is 0.751. The monoisotopic (exact) mass is 312 g/mol. The highest BCUT2D eigenvalue weighted by molar-refractivity contribution is 5.26. The van der Waals surface area contributed by atoms with Crippen molar-refractivity contribution in [2.24, 2.45) is 5.41 Å². The van der Waals surface area contributed by atoms with Crippen LogP contribution in [-0.4, -0.2) is 26.0 Å². The summed E-state index contributed by atoms with van der Waals surface area (Å²) >= 11 is 0. The molecule has 3 rings (SSSR count). The Balaban J connectivity index is 1.80. The topological polar surface area (TPSA) is 63.5 Å². The van der Waals surface area contributed by atoms with Gasteiger partial charge in [-0.1, -0.05) is 30.3 Å². The Kier molecular flexibility index (Phi) is 4.54. The van der Waals surface area contributed by atoms with Crippen LogP contribution in [0.4, 0.5) is 0 Å². The number of hydrogen-bond donors (Lipinski definition) is 1. The average Bonchev–Trinajstić information content (AvgIpc) is 3.07. The third kappa shape index (κ3) is 3.49. The summed E-state index contributed by atoms with van der Waals surface area (Å²) in [5.41, 5.74) is 1.92. The van der Waals surface area contributed by atoms with Gasteiger partial charge in [0.25, 0.3) is 0 Å². The molecule has 0 amide bonds. The van der Waals surface area contributed by atoms with Crippen molar-refractivity contribution in [3.8, 4) is 6.07 Å². The Labute approximate surface area is 136 Å². The van der Waals surface area contributed by atoms with E-state index in [-0.39, 0.29) is 18.2 Å². The molecular formula is C18H20N2O3. The Hall–Kier alpha value is -2.45. The maximum absolute atomic E-state index is 9.11. The van der Waals surface area contributed by atoms with Crippen molar-refractivity contribution in [3.63, 3.8) is 0 Å². The molecule has 1 aromatic carbocycles. The van der Waals surface area contributed by atoms with E-state index in [0.717, 1.165) is 17.9 Å². The van der Waals surface area contributed by atoms with Gasteiger partial charge in [0.15, 0.2) is 5.76 Å². The molecule has 0 radical (unpaired) electrons. The van der Waals surface area contributed by atoms with Crippen molar-refractivity contribution in [1.29, 1.82) is 5.26 Å². The summed E-state index contributed by atoms with van der Waals surface area (Å²) < 4.78 is 16.1. The first-order valence-corrected chi connectivity index (χ1v) is 7.64. The summed E-state index contributed by atoms with van der Waals surface area (Å²) in [5, 5.41) is 12.6. The van der Waals surface area contributed by atoms with Crippen LogP contribution >= 0.6 is 0 Å². The predicted octanol–water partition coefficient (Wildman–Crippen LogP) is 2.48. The minimum atomic E-state index is -0.148. The zero-order chi connectivity index (χ0) is 16.1. The van der Waals surface area contributed by atoms with Crippen molar-refractivity contribution in [2.75, 3.05) is 20.0 Å². The van der Waals surface area contributed by atoms with Crippen molar-refractivity contribution >= 4 is 0 Å². The molecule has 0 aromatic heterocycles. The summed E-state index contributed by atoms with van der Waals surface area (Å²) in [6.45, 7) is 3.55. The fourth-order valence-corrected chi connectivity index (χ4v) is 2.71. The lowest BCUT2D eigenvalue weighted by Gasteiger charge is -2.41. The molecule has 2 aliphatic rings. The number of hydrogen-bond acceptors (Lipinski definition) is 5. The second-order valence-corrected chi connectivity index (χ2v) is 6.08. The Bertz CT molecular complexity index is 642. The van der Waals surface area contributed by atoms with Gasteiger partial charge in [0.1, 0.15) is 6.26 Å². The second kappa shape index (κ2) is 6.76. The molecule has 1 unspecified atom stereocenters. The Morgan fingerprint density at radius 3 is 2.74 bits per heavy atom. The highest BCUT2D eigenvalue weighted by Crippen LogP contribution is 2.34. The van der Waals surface area contributed by atoms with E-state index < -0.39 is 0 Å². The molecule has 0 bridgehead atoms. The maximum Gasteiger partial charge on any atom is 0.229 e. The van der Waals surface area contributed by atoms with Crippen LogP contribution in [0.15, 0.2) is 54.1 Å². The molecule has 5 heteroatoms. The van der Waals surface area contributed by atoms with E-state index in [1.807, 2.05) is 18.2 Å². The van der Waals surface area contributed by atoms with E-state index in [9.17, 15) is 0 Å². The minimum Gasteiger partial charge on any atom is -0.462 e. The first-order valence-electron chi connectivity index (χ1n) is 7.64. The number of nitrogens with one attached hydrogen (secondary N) is 1. The van der Waals surface area contributed by atoms with Crippen LogP contribution in [0, 0.1) is 16.7 Å². The molecule has 2 heterocycles. The molecule has 120 valence electrons. The third-order valence-corrected chi connectivity index (χ3v) is 4.15. The van der Waals surface area contributed by atoms with Gasteiger partial charge in [0, 0.05) is 11.8 Å². The lowest BCUT2D eigenvalue weighted by molar-refractivity contribution is -0.0818. The lowest BCUT2D eigenvalue weighted by atomic mass is 9.83. The fraction of sp³-hybridized carbons (Fsp3) is 0.389. The van der Waals surface area contributed by atoms with Crippen LogP contribution in [-0.2, 0) is 20.6 Å². The van der Waals surface area contributed by atoms with Gasteiger partial charge in [-0.2, -0.15) is 5.26 Å². The Morgan fingerprint density at radius 2 is 2.17 bits per heavy atom. The second-order valence-electron chi connectivity index (χ2n) is 6.08. The van der Waals surface area contributed by atoms with Crippen LogP contribution in [0.2, 0.25) is 0 Å². The number of allylic oxidation sites excluding steroid dienone is 1. The molecule has 0 spiro atoms. The van der Waals surface area contributed by atoms with E-state index in [0.29, 0.717) is 13.2 Å². The minimum absolute atomic E-state index is 0.0862. The van der Waals surface area contributed by atoms with Crippen LogP contribution in [0.5, 0.6) is 0 Å². The fourth-order valence-electron chi connectivity index (χ4n) is 2.71. The molecular weight excluding hydrogens is 292 g/mol. The van der Waals surface area contributed by atoms with Gasteiger partial charge >= 0.3 is 0 Å². The largest absolute Gasteiger partial charge is 0.462 e. The smallest absolute Gasteiger partial charge is 0.229 e. The van der Waals surface area contributed by atoms with Crippen LogP contribution in [0.1, 0.15) is 12.5 Å². The van der Waals surface area contributed by atoms with Crippen LogP contribution in [0.3, 0.4) is 0 Å². The number of nitrogens with zero attached hydrogens (tertiary/aromatic N) is 1. The van der Waals surface area contributed by atoms with E-state index >= 15 is 0 Å². The van der Waals surface area contributed by atoms with Gasteiger partial charge in [-0.15, -0.1) is 0 Å². The van der Waals surface area contributed by atoms with E-state index in [1.54, 1.807) is 12.3 Å². The number of benzene rings is 1. The standard InChI is InChI=1S/C18H20N2O3/c1-18(11-22-12-18)17(7-8-19)20-15(16-10-21-13-23-16)9-14-5-3-2-4-6-14/h2-7,10,15,20H,9,11-13H2,1H3/b17-7+. The van der Waals surface area contributed by atoms with Gasteiger partial charge < -0.3 is 19.5 Å². The SMILES string of the molecule is CC1(/C(=C\C#N)NC(Cc2ccccc2)C2=COCO2)COC1. The molecule has 1 fully saturated rings. The zero-order valence-electron chi connectivity index (χ0n) is 13.1. The molecule has 23 heavy (non-hydrogen) atoms. The van der Waals surface area contributed by atoms with Gasteiger partial charge in [-0.25, -0.2) is 0 Å². The van der Waals surface area contributed by atoms with Crippen LogP contribution in [0.25, 0.3) is 0 Å².